The molecule has 2 amide bonds. The molecule has 1 aliphatic heterocycles. The molecule has 0 spiro atoms. The van der Waals surface area contributed by atoms with Crippen LogP contribution >= 0.6 is 22.9 Å². The maximum atomic E-state index is 12.8. The molecule has 5 rings (SSSR count). The van der Waals surface area contributed by atoms with E-state index in [1.54, 1.807) is 23.1 Å². The molecule has 0 bridgehead atoms. The first-order chi connectivity index (χ1) is 18.9. The minimum absolute atomic E-state index is 0.292. The van der Waals surface area contributed by atoms with E-state index in [4.69, 9.17) is 16.3 Å². The Morgan fingerprint density at radius 1 is 1.00 bits per heavy atom. The monoisotopic (exact) mass is 563 g/mol. The van der Waals surface area contributed by atoms with Crippen LogP contribution in [0.5, 0.6) is 5.75 Å². The number of rotatable bonds is 6. The molecule has 0 aliphatic carbocycles. The summed E-state index contributed by atoms with van der Waals surface area (Å²) in [5, 5.41) is 7.04. The summed E-state index contributed by atoms with van der Waals surface area (Å²) < 4.78 is 5.46. The summed E-state index contributed by atoms with van der Waals surface area (Å²) in [5.41, 5.74) is 1.45. The lowest BCUT2D eigenvalue weighted by Crippen LogP contribution is -2.50. The Labute approximate surface area is 234 Å². The van der Waals surface area contributed by atoms with Gasteiger partial charge in [0.25, 0.3) is 5.91 Å². The molecule has 2 aromatic carbocycles. The number of anilines is 4. The second-order valence-corrected chi connectivity index (χ2v) is 10.3. The van der Waals surface area contributed by atoms with Gasteiger partial charge in [0, 0.05) is 32.2 Å². The highest BCUT2D eigenvalue weighted by molar-refractivity contribution is 7.17. The van der Waals surface area contributed by atoms with Crippen LogP contribution in [0.1, 0.15) is 21.1 Å². The summed E-state index contributed by atoms with van der Waals surface area (Å²) in [6.07, 6.45) is 1.15. The first-order valence-electron chi connectivity index (χ1n) is 12.3. The number of aromatic nitrogens is 3. The zero-order valence-electron chi connectivity index (χ0n) is 21.3. The van der Waals surface area contributed by atoms with Gasteiger partial charge in [-0.1, -0.05) is 53.3 Å². The molecule has 2 N–H and O–H groups in total. The van der Waals surface area contributed by atoms with Gasteiger partial charge in [-0.2, -0.15) is 0 Å². The molecule has 10 nitrogen and oxygen atoms in total. The van der Waals surface area contributed by atoms with Gasteiger partial charge >= 0.3 is 6.09 Å². The van der Waals surface area contributed by atoms with Crippen molar-refractivity contribution in [1.29, 1.82) is 0 Å². The van der Waals surface area contributed by atoms with E-state index in [1.807, 2.05) is 50.2 Å². The minimum Gasteiger partial charge on any atom is -0.410 e. The normalized spacial score (nSPS) is 13.2. The van der Waals surface area contributed by atoms with Crippen molar-refractivity contribution in [2.24, 2.45) is 0 Å². The first kappa shape index (κ1) is 26.4. The lowest BCUT2D eigenvalue weighted by molar-refractivity contribution is 0.103. The van der Waals surface area contributed by atoms with Gasteiger partial charge in [0.05, 0.1) is 16.9 Å². The number of carbonyl (C=O) groups is 2. The molecular weight excluding hydrogens is 538 g/mol. The summed E-state index contributed by atoms with van der Waals surface area (Å²) in [5.74, 6) is 2.12. The molecule has 1 aliphatic rings. The Morgan fingerprint density at radius 2 is 1.77 bits per heavy atom. The number of halogens is 1. The summed E-state index contributed by atoms with van der Waals surface area (Å²) in [4.78, 5) is 42.9. The van der Waals surface area contributed by atoms with Crippen molar-refractivity contribution >= 4 is 57.4 Å². The van der Waals surface area contributed by atoms with E-state index < -0.39 is 0 Å². The number of nitrogens with zero attached hydrogens (tertiary/aromatic N) is 5. The van der Waals surface area contributed by atoms with E-state index in [0.29, 0.717) is 64.3 Å². The summed E-state index contributed by atoms with van der Waals surface area (Å²) >= 11 is 7.45. The fourth-order valence-electron chi connectivity index (χ4n) is 4.06. The Kier molecular flexibility index (Phi) is 7.89. The average Bonchev–Trinajstić information content (AvgIpc) is 3.39. The molecule has 1 saturated heterocycles. The highest BCUT2D eigenvalue weighted by atomic mass is 35.5. The second kappa shape index (κ2) is 11.7. The lowest BCUT2D eigenvalue weighted by atomic mass is 10.2. The summed E-state index contributed by atoms with van der Waals surface area (Å²) in [7, 11) is 0. The summed E-state index contributed by atoms with van der Waals surface area (Å²) in [6.45, 7) is 5.91. The van der Waals surface area contributed by atoms with Crippen LogP contribution in [0.4, 0.5) is 27.2 Å². The van der Waals surface area contributed by atoms with E-state index in [2.05, 4.69) is 30.5 Å². The van der Waals surface area contributed by atoms with Crippen molar-refractivity contribution in [3.63, 3.8) is 0 Å². The van der Waals surface area contributed by atoms with Crippen molar-refractivity contribution in [3.8, 4) is 5.75 Å². The topological polar surface area (TPSA) is 113 Å². The van der Waals surface area contributed by atoms with E-state index in [0.717, 1.165) is 11.4 Å². The second-order valence-electron chi connectivity index (χ2n) is 8.85. The van der Waals surface area contributed by atoms with Gasteiger partial charge in [0.1, 0.15) is 28.1 Å². The van der Waals surface area contributed by atoms with Crippen LogP contribution in [-0.4, -0.2) is 58.0 Å². The largest absolute Gasteiger partial charge is 0.415 e. The molecule has 0 unspecified atom stereocenters. The highest BCUT2D eigenvalue weighted by Gasteiger charge is 2.24. The number of hydrogen-bond acceptors (Lipinski definition) is 9. The predicted molar refractivity (Wildman–Crippen MR) is 153 cm³/mol. The maximum Gasteiger partial charge on any atom is 0.415 e. The van der Waals surface area contributed by atoms with Crippen molar-refractivity contribution < 1.29 is 14.3 Å². The molecule has 39 heavy (non-hydrogen) atoms. The van der Waals surface area contributed by atoms with Crippen LogP contribution in [0.2, 0.25) is 5.02 Å². The van der Waals surface area contributed by atoms with Gasteiger partial charge < -0.3 is 25.2 Å². The highest BCUT2D eigenvalue weighted by Crippen LogP contribution is 2.28. The van der Waals surface area contributed by atoms with Gasteiger partial charge in [-0.25, -0.2) is 19.7 Å². The number of thiazole rings is 1. The quantitative estimate of drug-likeness (QED) is 0.315. The van der Waals surface area contributed by atoms with Crippen LogP contribution in [-0.2, 0) is 0 Å². The number of piperazine rings is 1. The van der Waals surface area contributed by atoms with Gasteiger partial charge in [-0.3, -0.25) is 4.79 Å². The molecule has 0 atom stereocenters. The van der Waals surface area contributed by atoms with Gasteiger partial charge in [-0.05, 0) is 37.6 Å². The third-order valence-electron chi connectivity index (χ3n) is 6.06. The zero-order chi connectivity index (χ0) is 27.4. The van der Waals surface area contributed by atoms with Crippen LogP contribution in [0.3, 0.4) is 0 Å². The SMILES string of the molecule is Cc1nc(Nc2ncc(C(=O)Nc3c(C)cccc3Cl)s2)cc(N2CCN(C(=O)Oc3ccccc3)CC2)n1. The van der Waals surface area contributed by atoms with Gasteiger partial charge in [0.2, 0.25) is 0 Å². The van der Waals surface area contributed by atoms with Crippen LogP contribution in [0, 0.1) is 13.8 Å². The fourth-order valence-corrected chi connectivity index (χ4v) is 5.05. The van der Waals surface area contributed by atoms with E-state index in [1.165, 1.54) is 17.5 Å². The van der Waals surface area contributed by atoms with Crippen molar-refractivity contribution in [1.82, 2.24) is 19.9 Å². The number of amides is 2. The number of carbonyl (C=O) groups excluding carboxylic acids is 2. The smallest absolute Gasteiger partial charge is 0.410 e. The Bertz CT molecular complexity index is 1470. The third kappa shape index (κ3) is 6.44. The van der Waals surface area contributed by atoms with Crippen molar-refractivity contribution in [2.75, 3.05) is 41.7 Å². The number of para-hydroxylation sites is 2. The van der Waals surface area contributed by atoms with Gasteiger partial charge in [0.15, 0.2) is 5.13 Å². The fraction of sp³-hybridized carbons (Fsp3) is 0.222. The van der Waals surface area contributed by atoms with E-state index in [9.17, 15) is 9.59 Å². The molecule has 200 valence electrons. The molecule has 12 heteroatoms. The predicted octanol–water partition coefficient (Wildman–Crippen LogP) is 5.52. The lowest BCUT2D eigenvalue weighted by Gasteiger charge is -2.34. The van der Waals surface area contributed by atoms with Crippen molar-refractivity contribution in [3.05, 3.63) is 82.1 Å². The number of hydrogen-bond donors (Lipinski definition) is 2. The first-order valence-corrected chi connectivity index (χ1v) is 13.5. The van der Waals surface area contributed by atoms with Crippen LogP contribution in [0.25, 0.3) is 0 Å². The average molecular weight is 564 g/mol. The number of benzene rings is 2. The summed E-state index contributed by atoms with van der Waals surface area (Å²) in [6, 6.07) is 16.3. The van der Waals surface area contributed by atoms with Crippen LogP contribution < -0.4 is 20.3 Å². The Balaban J connectivity index is 1.20. The van der Waals surface area contributed by atoms with Gasteiger partial charge in [-0.15, -0.1) is 0 Å². The molecule has 0 radical (unpaired) electrons. The Hall–Kier alpha value is -4.22. The molecule has 4 aromatic rings. The molecule has 1 fully saturated rings. The zero-order valence-corrected chi connectivity index (χ0v) is 22.9. The van der Waals surface area contributed by atoms with Crippen LogP contribution in [0.15, 0.2) is 60.8 Å². The maximum absolute atomic E-state index is 12.8. The molecule has 0 saturated carbocycles. The minimum atomic E-state index is -0.365. The molecule has 2 aromatic heterocycles. The Morgan fingerprint density at radius 3 is 2.51 bits per heavy atom. The number of nitrogens with one attached hydrogen (secondary N) is 2. The number of aryl methyl sites for hydroxylation is 2. The molecule has 3 heterocycles. The standard InChI is InChI=1S/C27H26ClN7O3S/c1-17-7-6-10-20(28)24(17)33-25(36)21-16-29-26(39-21)32-22-15-23(31-18(2)30-22)34-11-13-35(14-12-34)27(37)38-19-8-4-3-5-9-19/h3-10,15-16H,11-14H2,1-2H3,(H,33,36)(H,29,30,31,32). The van der Waals surface area contributed by atoms with E-state index >= 15 is 0 Å². The number of ether oxygens (including phenoxy) is 1. The van der Waals surface area contributed by atoms with E-state index in [-0.39, 0.29) is 12.0 Å². The third-order valence-corrected chi connectivity index (χ3v) is 7.29. The van der Waals surface area contributed by atoms with Crippen molar-refractivity contribution in [2.45, 2.75) is 13.8 Å². The molecular formula is C27H26ClN7O3S.